The van der Waals surface area contributed by atoms with Gasteiger partial charge in [-0.2, -0.15) is 0 Å². The highest BCUT2D eigenvalue weighted by molar-refractivity contribution is 5.96. The first kappa shape index (κ1) is 15.2. The second-order valence-electron chi connectivity index (χ2n) is 5.23. The average Bonchev–Trinajstić information content (AvgIpc) is 2.47. The van der Waals surface area contributed by atoms with E-state index in [9.17, 15) is 9.59 Å². The van der Waals surface area contributed by atoms with Gasteiger partial charge in [0.2, 0.25) is 0 Å². The summed E-state index contributed by atoms with van der Waals surface area (Å²) in [5, 5.41) is 2.35. The third kappa shape index (κ3) is 4.15. The van der Waals surface area contributed by atoms with E-state index in [4.69, 9.17) is 4.74 Å². The number of hydrogen-bond donors (Lipinski definition) is 0. The lowest BCUT2D eigenvalue weighted by Crippen LogP contribution is -2.19. The van der Waals surface area contributed by atoms with Crippen molar-refractivity contribution in [2.24, 2.45) is 5.92 Å². The van der Waals surface area contributed by atoms with Crippen molar-refractivity contribution in [2.45, 2.75) is 26.7 Å². The Labute approximate surface area is 124 Å². The first-order valence-corrected chi connectivity index (χ1v) is 7.26. The normalized spacial score (nSPS) is 12.1. The summed E-state index contributed by atoms with van der Waals surface area (Å²) in [4.78, 5) is 23.3. The predicted octanol–water partition coefficient (Wildman–Crippen LogP) is 3.54. The van der Waals surface area contributed by atoms with Gasteiger partial charge in [0.15, 0.2) is 0 Å². The van der Waals surface area contributed by atoms with Crippen molar-refractivity contribution in [2.75, 3.05) is 6.61 Å². The number of fused-ring (bicyclic) bond motifs is 1. The Morgan fingerprint density at radius 3 is 2.52 bits per heavy atom. The Bertz CT molecular complexity index is 646. The highest BCUT2D eigenvalue weighted by Crippen LogP contribution is 2.18. The monoisotopic (exact) mass is 284 g/mol. The summed E-state index contributed by atoms with van der Waals surface area (Å²) in [6, 6.07) is 14.3. The van der Waals surface area contributed by atoms with Crippen molar-refractivity contribution in [1.29, 1.82) is 0 Å². The molecule has 0 amide bonds. The minimum absolute atomic E-state index is 0.0680. The molecule has 1 unspecified atom stereocenters. The first-order chi connectivity index (χ1) is 10.1. The van der Waals surface area contributed by atoms with Crippen molar-refractivity contribution in [1.82, 2.24) is 0 Å². The molecule has 0 bridgehead atoms. The molecule has 110 valence electrons. The molecule has 21 heavy (non-hydrogen) atoms. The van der Waals surface area contributed by atoms with E-state index in [2.05, 4.69) is 24.3 Å². The lowest BCUT2D eigenvalue weighted by molar-refractivity contribution is -0.146. The second-order valence-corrected chi connectivity index (χ2v) is 5.23. The Balaban J connectivity index is 2.01. The molecule has 2 rings (SSSR count). The van der Waals surface area contributed by atoms with E-state index in [1.54, 1.807) is 6.92 Å². The van der Waals surface area contributed by atoms with Crippen LogP contribution < -0.4 is 0 Å². The highest BCUT2D eigenvalue weighted by atomic mass is 16.5. The van der Waals surface area contributed by atoms with Crippen LogP contribution in [0.1, 0.15) is 25.8 Å². The van der Waals surface area contributed by atoms with E-state index in [1.807, 2.05) is 25.1 Å². The maximum Gasteiger partial charge on any atom is 0.313 e. The van der Waals surface area contributed by atoms with Gasteiger partial charge in [-0.15, -0.1) is 0 Å². The molecule has 0 saturated heterocycles. The molecule has 1 atom stereocenters. The smallest absolute Gasteiger partial charge is 0.313 e. The largest absolute Gasteiger partial charge is 0.466 e. The number of ether oxygens (including phenoxy) is 1. The molecule has 0 radical (unpaired) electrons. The Kier molecular flexibility index (Phi) is 5.09. The van der Waals surface area contributed by atoms with Crippen molar-refractivity contribution in [3.8, 4) is 0 Å². The van der Waals surface area contributed by atoms with Gasteiger partial charge in [0.05, 0.1) is 6.61 Å². The lowest BCUT2D eigenvalue weighted by Gasteiger charge is -2.11. The maximum absolute atomic E-state index is 12.0. The summed E-state index contributed by atoms with van der Waals surface area (Å²) < 4.78 is 4.81. The molecule has 0 saturated carbocycles. The van der Waals surface area contributed by atoms with Crippen molar-refractivity contribution in [3.05, 3.63) is 48.0 Å². The highest BCUT2D eigenvalue weighted by Gasteiger charge is 2.18. The van der Waals surface area contributed by atoms with Crippen molar-refractivity contribution < 1.29 is 14.3 Å². The van der Waals surface area contributed by atoms with Crippen LogP contribution in [-0.2, 0) is 20.7 Å². The molecule has 0 aliphatic carbocycles. The number of esters is 1. The fourth-order valence-electron chi connectivity index (χ4n) is 2.36. The van der Waals surface area contributed by atoms with Gasteiger partial charge in [-0.05, 0) is 29.7 Å². The zero-order chi connectivity index (χ0) is 15.2. The van der Waals surface area contributed by atoms with Gasteiger partial charge in [-0.25, -0.2) is 0 Å². The van der Waals surface area contributed by atoms with Crippen LogP contribution in [0.5, 0.6) is 0 Å². The average molecular weight is 284 g/mol. The molecule has 2 aromatic carbocycles. The zero-order valence-electron chi connectivity index (χ0n) is 12.5. The zero-order valence-corrected chi connectivity index (χ0v) is 12.5. The van der Waals surface area contributed by atoms with E-state index < -0.39 is 5.97 Å². The first-order valence-electron chi connectivity index (χ1n) is 7.26. The number of hydrogen-bond acceptors (Lipinski definition) is 3. The summed E-state index contributed by atoms with van der Waals surface area (Å²) in [5.74, 6) is -0.690. The molecule has 2 aromatic rings. The van der Waals surface area contributed by atoms with Crippen LogP contribution in [0.4, 0.5) is 0 Å². The van der Waals surface area contributed by atoms with Gasteiger partial charge in [0.1, 0.15) is 12.2 Å². The molecule has 0 aliphatic rings. The SMILES string of the molecule is CCOC(=O)CC(=O)C(C)Cc1ccc2ccccc2c1. The fraction of sp³-hybridized carbons (Fsp3) is 0.333. The van der Waals surface area contributed by atoms with Crippen LogP contribution >= 0.6 is 0 Å². The third-order valence-corrected chi connectivity index (χ3v) is 3.53. The Morgan fingerprint density at radius 2 is 1.81 bits per heavy atom. The topological polar surface area (TPSA) is 43.4 Å². The fourth-order valence-corrected chi connectivity index (χ4v) is 2.36. The second kappa shape index (κ2) is 7.02. The van der Waals surface area contributed by atoms with E-state index in [1.165, 1.54) is 10.8 Å². The van der Waals surface area contributed by atoms with Gasteiger partial charge >= 0.3 is 5.97 Å². The number of carbonyl (C=O) groups is 2. The van der Waals surface area contributed by atoms with Crippen molar-refractivity contribution in [3.63, 3.8) is 0 Å². The van der Waals surface area contributed by atoms with Crippen LogP contribution in [0.25, 0.3) is 10.8 Å². The molecule has 3 nitrogen and oxygen atoms in total. The maximum atomic E-state index is 12.0. The Morgan fingerprint density at radius 1 is 1.10 bits per heavy atom. The minimum atomic E-state index is -0.437. The van der Waals surface area contributed by atoms with Crippen LogP contribution in [-0.4, -0.2) is 18.4 Å². The van der Waals surface area contributed by atoms with E-state index in [-0.39, 0.29) is 18.1 Å². The number of ketones is 1. The molecule has 0 N–H and O–H groups in total. The minimum Gasteiger partial charge on any atom is -0.466 e. The summed E-state index contributed by atoms with van der Waals surface area (Å²) >= 11 is 0. The van der Waals surface area contributed by atoms with Gasteiger partial charge in [-0.3, -0.25) is 9.59 Å². The summed E-state index contributed by atoms with van der Waals surface area (Å²) in [7, 11) is 0. The molecule has 0 aliphatic heterocycles. The number of carbonyl (C=O) groups excluding carboxylic acids is 2. The molecular weight excluding hydrogens is 264 g/mol. The van der Waals surface area contributed by atoms with Gasteiger partial charge < -0.3 is 4.74 Å². The summed E-state index contributed by atoms with van der Waals surface area (Å²) in [6.07, 6.45) is 0.506. The number of rotatable bonds is 6. The molecule has 0 heterocycles. The third-order valence-electron chi connectivity index (χ3n) is 3.53. The van der Waals surface area contributed by atoms with Gasteiger partial charge in [-0.1, -0.05) is 49.4 Å². The quantitative estimate of drug-likeness (QED) is 0.602. The Hall–Kier alpha value is -2.16. The van der Waals surface area contributed by atoms with Crippen LogP contribution in [0.15, 0.2) is 42.5 Å². The standard InChI is InChI=1S/C18H20O3/c1-3-21-18(20)12-17(19)13(2)10-14-8-9-15-6-4-5-7-16(15)11-14/h4-9,11,13H,3,10,12H2,1-2H3. The molecule has 0 fully saturated rings. The number of benzene rings is 2. The van der Waals surface area contributed by atoms with E-state index >= 15 is 0 Å². The van der Waals surface area contributed by atoms with Gasteiger partial charge in [0, 0.05) is 5.92 Å². The molecule has 0 spiro atoms. The molecule has 3 heteroatoms. The van der Waals surface area contributed by atoms with Gasteiger partial charge in [0.25, 0.3) is 0 Å². The van der Waals surface area contributed by atoms with Crippen LogP contribution in [0.3, 0.4) is 0 Å². The molecular formula is C18H20O3. The summed E-state index contributed by atoms with van der Waals surface area (Å²) in [5.41, 5.74) is 1.11. The lowest BCUT2D eigenvalue weighted by atomic mass is 9.94. The molecule has 0 aromatic heterocycles. The van der Waals surface area contributed by atoms with E-state index in [0.717, 1.165) is 5.56 Å². The van der Waals surface area contributed by atoms with Crippen molar-refractivity contribution >= 4 is 22.5 Å². The summed E-state index contributed by atoms with van der Waals surface area (Å²) in [6.45, 7) is 3.91. The number of Topliss-reactive ketones (excluding diaryl/α,β-unsaturated/α-hetero) is 1. The van der Waals surface area contributed by atoms with E-state index in [0.29, 0.717) is 13.0 Å². The van der Waals surface area contributed by atoms with Crippen LogP contribution in [0, 0.1) is 5.92 Å². The predicted molar refractivity (Wildman–Crippen MR) is 83.1 cm³/mol. The van der Waals surface area contributed by atoms with Crippen LogP contribution in [0.2, 0.25) is 0 Å².